The fraction of sp³-hybridized carbons (Fsp3) is 0.562. The highest BCUT2D eigenvalue weighted by molar-refractivity contribution is 5.83. The number of rotatable bonds is 5. The molecule has 1 aliphatic heterocycles. The Morgan fingerprint density at radius 1 is 1.38 bits per heavy atom. The van der Waals surface area contributed by atoms with Gasteiger partial charge in [-0.2, -0.15) is 0 Å². The summed E-state index contributed by atoms with van der Waals surface area (Å²) in [6, 6.07) is 7.58. The molecule has 1 aromatic rings. The third-order valence-electron chi connectivity index (χ3n) is 4.24. The monoisotopic (exact) mass is 292 g/mol. The van der Waals surface area contributed by atoms with Crippen molar-refractivity contribution in [1.29, 1.82) is 0 Å². The smallest absolute Gasteiger partial charge is 0.227 e. The Balaban J connectivity index is 1.93. The summed E-state index contributed by atoms with van der Waals surface area (Å²) >= 11 is 0. The highest BCUT2D eigenvalue weighted by Gasteiger charge is 2.38. The summed E-state index contributed by atoms with van der Waals surface area (Å²) in [6.45, 7) is 3.74. The second-order valence-electron chi connectivity index (χ2n) is 5.70. The molecule has 4 N–H and O–H groups in total. The van der Waals surface area contributed by atoms with Crippen molar-refractivity contribution in [3.63, 3.8) is 0 Å². The lowest BCUT2D eigenvalue weighted by atomic mass is 9.79. The van der Waals surface area contributed by atoms with Gasteiger partial charge in [0, 0.05) is 26.3 Å². The number of hydrogen-bond donors (Lipinski definition) is 3. The number of benzene rings is 1. The lowest BCUT2D eigenvalue weighted by Gasteiger charge is -2.34. The van der Waals surface area contributed by atoms with Gasteiger partial charge in [0.2, 0.25) is 5.91 Å². The van der Waals surface area contributed by atoms with E-state index in [2.05, 4.69) is 5.32 Å². The van der Waals surface area contributed by atoms with Crippen LogP contribution >= 0.6 is 0 Å². The van der Waals surface area contributed by atoms with E-state index in [-0.39, 0.29) is 5.91 Å². The molecule has 1 fully saturated rings. The zero-order valence-corrected chi connectivity index (χ0v) is 12.5. The number of hydrogen-bond acceptors (Lipinski definition) is 4. The quantitative estimate of drug-likeness (QED) is 0.759. The lowest BCUT2D eigenvalue weighted by molar-refractivity contribution is -0.136. The average Bonchev–Trinajstić information content (AvgIpc) is 2.53. The summed E-state index contributed by atoms with van der Waals surface area (Å²) in [7, 11) is 0. The van der Waals surface area contributed by atoms with E-state index >= 15 is 0 Å². The van der Waals surface area contributed by atoms with Gasteiger partial charge in [0.05, 0.1) is 11.5 Å². The summed E-state index contributed by atoms with van der Waals surface area (Å²) < 4.78 is 5.32. The predicted octanol–water partition coefficient (Wildman–Crippen LogP) is 1.11. The van der Waals surface area contributed by atoms with Crippen molar-refractivity contribution in [2.24, 2.45) is 11.1 Å². The Hall–Kier alpha value is -1.43. The van der Waals surface area contributed by atoms with Gasteiger partial charge in [-0.3, -0.25) is 4.79 Å². The molecule has 0 bridgehead atoms. The minimum Gasteiger partial charge on any atom is -0.389 e. The molecule has 5 nitrogen and oxygen atoms in total. The van der Waals surface area contributed by atoms with Gasteiger partial charge in [-0.25, -0.2) is 0 Å². The van der Waals surface area contributed by atoms with Gasteiger partial charge >= 0.3 is 0 Å². The fourth-order valence-corrected chi connectivity index (χ4v) is 2.57. The van der Waals surface area contributed by atoms with Crippen LogP contribution in [0.4, 0.5) is 0 Å². The first-order valence-electron chi connectivity index (χ1n) is 7.40. The number of amides is 1. The molecule has 0 saturated carbocycles. The van der Waals surface area contributed by atoms with Crippen molar-refractivity contribution in [2.75, 3.05) is 19.8 Å². The standard InChI is InChI=1S/C16H24N2O3/c1-12(19)14-4-2-13(3-5-14)10-18-15(20)16(11-17)6-8-21-9-7-16/h2-5,12,19H,6-11,17H2,1H3,(H,18,20). The highest BCUT2D eigenvalue weighted by atomic mass is 16.5. The van der Waals surface area contributed by atoms with Gasteiger partial charge in [0.1, 0.15) is 0 Å². The second-order valence-corrected chi connectivity index (χ2v) is 5.70. The van der Waals surface area contributed by atoms with E-state index in [0.29, 0.717) is 39.1 Å². The Bertz CT molecular complexity index is 465. The minimum absolute atomic E-state index is 0.00732. The third kappa shape index (κ3) is 3.81. The van der Waals surface area contributed by atoms with E-state index in [0.717, 1.165) is 11.1 Å². The van der Waals surface area contributed by atoms with Gasteiger partial charge in [0.15, 0.2) is 0 Å². The molecule has 21 heavy (non-hydrogen) atoms. The summed E-state index contributed by atoms with van der Waals surface area (Å²) in [5.41, 5.74) is 7.20. The van der Waals surface area contributed by atoms with Crippen molar-refractivity contribution in [3.8, 4) is 0 Å². The van der Waals surface area contributed by atoms with Crippen molar-refractivity contribution in [2.45, 2.75) is 32.4 Å². The highest BCUT2D eigenvalue weighted by Crippen LogP contribution is 2.29. The van der Waals surface area contributed by atoms with Crippen LogP contribution in [0.2, 0.25) is 0 Å². The normalized spacial score (nSPS) is 19.0. The SMILES string of the molecule is CC(O)c1ccc(CNC(=O)C2(CN)CCOCC2)cc1. The lowest BCUT2D eigenvalue weighted by Crippen LogP contribution is -2.48. The number of ether oxygens (including phenoxy) is 1. The van der Waals surface area contributed by atoms with E-state index in [1.807, 2.05) is 24.3 Å². The molecule has 0 aliphatic carbocycles. The molecule has 1 unspecified atom stereocenters. The van der Waals surface area contributed by atoms with Crippen molar-refractivity contribution in [1.82, 2.24) is 5.32 Å². The van der Waals surface area contributed by atoms with E-state index in [9.17, 15) is 9.90 Å². The van der Waals surface area contributed by atoms with Gasteiger partial charge in [-0.05, 0) is 30.9 Å². The maximum Gasteiger partial charge on any atom is 0.227 e. The van der Waals surface area contributed by atoms with Gasteiger partial charge < -0.3 is 20.9 Å². The average molecular weight is 292 g/mol. The summed E-state index contributed by atoms with van der Waals surface area (Å²) in [5.74, 6) is 0.00732. The molecule has 1 aliphatic rings. The first-order chi connectivity index (χ1) is 10.1. The number of carbonyl (C=O) groups is 1. The van der Waals surface area contributed by atoms with Crippen LogP contribution in [0, 0.1) is 5.41 Å². The Kier molecular flexibility index (Phi) is 5.33. The zero-order valence-electron chi connectivity index (χ0n) is 12.5. The van der Waals surface area contributed by atoms with Gasteiger partial charge in [-0.15, -0.1) is 0 Å². The first-order valence-corrected chi connectivity index (χ1v) is 7.40. The molecule has 1 aromatic carbocycles. The summed E-state index contributed by atoms with van der Waals surface area (Å²) in [4.78, 5) is 12.4. The molecule has 116 valence electrons. The van der Waals surface area contributed by atoms with Crippen LogP contribution in [-0.2, 0) is 16.1 Å². The van der Waals surface area contributed by atoms with Crippen LogP contribution in [0.15, 0.2) is 24.3 Å². The van der Waals surface area contributed by atoms with E-state index in [4.69, 9.17) is 10.5 Å². The molecule has 1 saturated heterocycles. The largest absolute Gasteiger partial charge is 0.389 e. The maximum atomic E-state index is 12.4. The maximum absolute atomic E-state index is 12.4. The van der Waals surface area contributed by atoms with Crippen LogP contribution in [-0.4, -0.2) is 30.8 Å². The predicted molar refractivity (Wildman–Crippen MR) is 80.5 cm³/mol. The Morgan fingerprint density at radius 3 is 2.52 bits per heavy atom. The van der Waals surface area contributed by atoms with E-state index < -0.39 is 11.5 Å². The topological polar surface area (TPSA) is 84.6 Å². The van der Waals surface area contributed by atoms with Crippen molar-refractivity contribution in [3.05, 3.63) is 35.4 Å². The summed E-state index contributed by atoms with van der Waals surface area (Å²) in [6.07, 6.45) is 0.878. The molecule has 2 rings (SSSR count). The number of aliphatic hydroxyl groups excluding tert-OH is 1. The number of carbonyl (C=O) groups excluding carboxylic acids is 1. The molecular formula is C16H24N2O3. The Morgan fingerprint density at radius 2 is 2.00 bits per heavy atom. The molecule has 0 spiro atoms. The number of nitrogens with two attached hydrogens (primary N) is 1. The number of nitrogens with one attached hydrogen (secondary N) is 1. The zero-order chi connectivity index (χ0) is 15.3. The van der Waals surface area contributed by atoms with Crippen LogP contribution in [0.5, 0.6) is 0 Å². The van der Waals surface area contributed by atoms with Gasteiger partial charge in [0.25, 0.3) is 0 Å². The molecular weight excluding hydrogens is 268 g/mol. The fourth-order valence-electron chi connectivity index (χ4n) is 2.57. The molecule has 0 aromatic heterocycles. The molecule has 1 amide bonds. The van der Waals surface area contributed by atoms with Crippen molar-refractivity contribution < 1.29 is 14.6 Å². The van der Waals surface area contributed by atoms with Crippen LogP contribution in [0.1, 0.15) is 37.0 Å². The number of aliphatic hydroxyl groups is 1. The van der Waals surface area contributed by atoms with E-state index in [1.165, 1.54) is 0 Å². The summed E-state index contributed by atoms with van der Waals surface area (Å²) in [5, 5.41) is 12.4. The van der Waals surface area contributed by atoms with E-state index in [1.54, 1.807) is 6.92 Å². The van der Waals surface area contributed by atoms with Gasteiger partial charge in [-0.1, -0.05) is 24.3 Å². The van der Waals surface area contributed by atoms with Crippen LogP contribution in [0.3, 0.4) is 0 Å². The third-order valence-corrected chi connectivity index (χ3v) is 4.24. The van der Waals surface area contributed by atoms with Crippen LogP contribution in [0.25, 0.3) is 0 Å². The molecule has 0 radical (unpaired) electrons. The minimum atomic E-state index is -0.488. The van der Waals surface area contributed by atoms with Crippen LogP contribution < -0.4 is 11.1 Å². The van der Waals surface area contributed by atoms with Crippen molar-refractivity contribution >= 4 is 5.91 Å². The second kappa shape index (κ2) is 7.02. The Labute approximate surface area is 125 Å². The first kappa shape index (κ1) is 15.9. The molecule has 5 heteroatoms. The molecule has 1 heterocycles. The molecule has 1 atom stereocenters.